The first-order valence-corrected chi connectivity index (χ1v) is 26.1. The van der Waals surface area contributed by atoms with Crippen LogP contribution in [0.5, 0.6) is 0 Å². The number of ether oxygens (including phenoxy) is 4. The lowest BCUT2D eigenvalue weighted by Crippen LogP contribution is -2.59. The van der Waals surface area contributed by atoms with E-state index in [1.54, 1.807) is 0 Å². The van der Waals surface area contributed by atoms with Crippen LogP contribution in [0.4, 0.5) is 0 Å². The second-order valence-corrected chi connectivity index (χ2v) is 18.3. The van der Waals surface area contributed by atoms with E-state index in [0.717, 1.165) is 32.1 Å². The lowest BCUT2D eigenvalue weighted by Gasteiger charge is -2.39. The SMILES string of the molecule is CCCCCCCCCCCCCCCCCCCCCCOCC(COC1OC(CO)C(O)C(O)C1O)OC(=O)CCCCCCCCCCCCCCCCCCC. The Morgan fingerprint density at radius 1 is 0.467 bits per heavy atom. The zero-order valence-electron chi connectivity index (χ0n) is 39.5. The summed E-state index contributed by atoms with van der Waals surface area (Å²) in [4.78, 5) is 12.8. The molecule has 6 unspecified atom stereocenters. The fraction of sp³-hybridized carbons (Fsp3) is 0.980. The van der Waals surface area contributed by atoms with Crippen LogP contribution in [0.15, 0.2) is 0 Å². The molecule has 0 amide bonds. The number of carbonyl (C=O) groups excluding carboxylic acids is 1. The topological polar surface area (TPSA) is 135 Å². The van der Waals surface area contributed by atoms with E-state index in [9.17, 15) is 25.2 Å². The zero-order chi connectivity index (χ0) is 43.6. The smallest absolute Gasteiger partial charge is 0.306 e. The maximum atomic E-state index is 12.8. The van der Waals surface area contributed by atoms with Crippen molar-refractivity contribution in [3.8, 4) is 0 Å². The molecule has 1 aliphatic heterocycles. The number of rotatable bonds is 46. The molecular weight excluding hydrogens is 757 g/mol. The molecule has 0 radical (unpaired) electrons. The van der Waals surface area contributed by atoms with E-state index in [-0.39, 0.29) is 19.2 Å². The molecule has 1 aliphatic rings. The average Bonchev–Trinajstić information content (AvgIpc) is 3.25. The lowest BCUT2D eigenvalue weighted by atomic mass is 9.99. The number of esters is 1. The van der Waals surface area contributed by atoms with Crippen molar-refractivity contribution < 1.29 is 44.2 Å². The Morgan fingerprint density at radius 3 is 1.18 bits per heavy atom. The van der Waals surface area contributed by atoms with Crippen LogP contribution in [0.3, 0.4) is 0 Å². The minimum absolute atomic E-state index is 0.104. The van der Waals surface area contributed by atoms with Crippen LogP contribution in [0.25, 0.3) is 0 Å². The van der Waals surface area contributed by atoms with E-state index in [2.05, 4.69) is 13.8 Å². The summed E-state index contributed by atoms with van der Waals surface area (Å²) in [6, 6.07) is 0. The van der Waals surface area contributed by atoms with Gasteiger partial charge in [-0.05, 0) is 12.8 Å². The Labute approximate surface area is 370 Å². The minimum atomic E-state index is -1.53. The predicted molar refractivity (Wildman–Crippen MR) is 247 cm³/mol. The molecule has 0 aromatic carbocycles. The Kier molecular flexibility index (Phi) is 41.4. The lowest BCUT2D eigenvalue weighted by molar-refractivity contribution is -0.305. The van der Waals surface area contributed by atoms with Crippen LogP contribution in [-0.2, 0) is 23.7 Å². The molecule has 1 fully saturated rings. The standard InChI is InChI=1S/C51H100O9/c1-3-5-7-9-11-13-15-17-19-21-22-23-25-27-29-31-33-35-37-39-41-57-43-45(44-58-51-50(56)49(55)48(54)46(42-52)60-51)59-47(53)40-38-36-34-32-30-28-26-24-20-18-16-14-12-10-8-6-4-2/h45-46,48-52,54-56H,3-44H2,1-2H3. The molecule has 0 aromatic rings. The normalized spacial score (nSPS) is 19.9. The maximum Gasteiger partial charge on any atom is 0.306 e. The van der Waals surface area contributed by atoms with Crippen molar-refractivity contribution in [2.24, 2.45) is 0 Å². The molecule has 4 N–H and O–H groups in total. The van der Waals surface area contributed by atoms with Gasteiger partial charge in [-0.15, -0.1) is 0 Å². The fourth-order valence-electron chi connectivity index (χ4n) is 8.44. The van der Waals surface area contributed by atoms with Gasteiger partial charge in [-0.1, -0.05) is 239 Å². The molecule has 1 rings (SSSR count). The van der Waals surface area contributed by atoms with Crippen molar-refractivity contribution in [2.75, 3.05) is 26.4 Å². The van der Waals surface area contributed by atoms with Crippen molar-refractivity contribution in [3.63, 3.8) is 0 Å². The third-order valence-electron chi connectivity index (χ3n) is 12.5. The molecule has 0 aliphatic carbocycles. The van der Waals surface area contributed by atoms with Crippen LogP contribution in [-0.4, -0.2) is 89.6 Å². The minimum Gasteiger partial charge on any atom is -0.457 e. The van der Waals surface area contributed by atoms with Crippen LogP contribution in [0.2, 0.25) is 0 Å². The Morgan fingerprint density at radius 2 is 0.817 bits per heavy atom. The summed E-state index contributed by atoms with van der Waals surface area (Å²) >= 11 is 0. The Balaban J connectivity index is 2.17. The van der Waals surface area contributed by atoms with Gasteiger partial charge in [0.15, 0.2) is 6.29 Å². The van der Waals surface area contributed by atoms with Crippen molar-refractivity contribution in [2.45, 2.75) is 295 Å². The highest BCUT2D eigenvalue weighted by Gasteiger charge is 2.44. The van der Waals surface area contributed by atoms with Crippen LogP contribution >= 0.6 is 0 Å². The van der Waals surface area contributed by atoms with E-state index in [1.807, 2.05) is 0 Å². The number of hydrogen-bond acceptors (Lipinski definition) is 9. The molecule has 0 aromatic heterocycles. The molecule has 1 saturated heterocycles. The highest BCUT2D eigenvalue weighted by Crippen LogP contribution is 2.23. The molecule has 358 valence electrons. The summed E-state index contributed by atoms with van der Waals surface area (Å²) in [6.07, 6.45) is 41.4. The van der Waals surface area contributed by atoms with E-state index in [0.29, 0.717) is 13.0 Å². The van der Waals surface area contributed by atoms with Crippen LogP contribution in [0, 0.1) is 0 Å². The van der Waals surface area contributed by atoms with Crippen molar-refractivity contribution in [1.82, 2.24) is 0 Å². The van der Waals surface area contributed by atoms with Crippen molar-refractivity contribution in [3.05, 3.63) is 0 Å². The summed E-state index contributed by atoms with van der Waals surface area (Å²) in [5.41, 5.74) is 0. The monoisotopic (exact) mass is 857 g/mol. The molecule has 9 heteroatoms. The highest BCUT2D eigenvalue weighted by molar-refractivity contribution is 5.69. The summed E-state index contributed by atoms with van der Waals surface area (Å²) in [6.45, 7) is 4.63. The summed E-state index contributed by atoms with van der Waals surface area (Å²) in [5.74, 6) is -0.305. The molecule has 0 spiro atoms. The first kappa shape index (κ1) is 57.2. The fourth-order valence-corrected chi connectivity index (χ4v) is 8.44. The van der Waals surface area contributed by atoms with Crippen molar-refractivity contribution in [1.29, 1.82) is 0 Å². The molecule has 0 saturated carbocycles. The predicted octanol–water partition coefficient (Wildman–Crippen LogP) is 12.6. The van der Waals surface area contributed by atoms with Crippen LogP contribution < -0.4 is 0 Å². The van der Waals surface area contributed by atoms with Gasteiger partial charge >= 0.3 is 5.97 Å². The van der Waals surface area contributed by atoms with Gasteiger partial charge in [0.2, 0.25) is 0 Å². The van der Waals surface area contributed by atoms with Gasteiger partial charge < -0.3 is 39.4 Å². The second kappa shape index (κ2) is 43.4. The van der Waals surface area contributed by atoms with Gasteiger partial charge in [0.1, 0.15) is 30.5 Å². The van der Waals surface area contributed by atoms with Gasteiger partial charge in [-0.3, -0.25) is 4.79 Å². The molecule has 60 heavy (non-hydrogen) atoms. The quantitative estimate of drug-likeness (QED) is 0.0348. The van der Waals surface area contributed by atoms with Gasteiger partial charge in [0.25, 0.3) is 0 Å². The molecule has 1 heterocycles. The second-order valence-electron chi connectivity index (χ2n) is 18.3. The average molecular weight is 857 g/mol. The Bertz CT molecular complexity index is 889. The molecule has 9 nitrogen and oxygen atoms in total. The molecule has 0 bridgehead atoms. The number of aliphatic hydroxyl groups is 4. The first-order valence-electron chi connectivity index (χ1n) is 26.1. The largest absolute Gasteiger partial charge is 0.457 e. The number of carbonyl (C=O) groups is 1. The van der Waals surface area contributed by atoms with E-state index < -0.39 is 43.4 Å². The van der Waals surface area contributed by atoms with E-state index in [4.69, 9.17) is 18.9 Å². The van der Waals surface area contributed by atoms with Crippen LogP contribution in [0.1, 0.15) is 258 Å². The molecular formula is C51H100O9. The van der Waals surface area contributed by atoms with Crippen molar-refractivity contribution >= 4 is 5.97 Å². The Hall–Kier alpha value is -0.810. The van der Waals surface area contributed by atoms with Gasteiger partial charge in [-0.2, -0.15) is 0 Å². The van der Waals surface area contributed by atoms with Gasteiger partial charge in [0.05, 0.1) is 19.8 Å². The third-order valence-corrected chi connectivity index (χ3v) is 12.5. The zero-order valence-corrected chi connectivity index (χ0v) is 39.5. The van der Waals surface area contributed by atoms with Gasteiger partial charge in [-0.25, -0.2) is 0 Å². The summed E-state index contributed by atoms with van der Waals surface area (Å²) < 4.78 is 22.9. The van der Waals surface area contributed by atoms with Gasteiger partial charge in [0, 0.05) is 13.0 Å². The maximum absolute atomic E-state index is 12.8. The first-order chi connectivity index (χ1) is 29.4. The number of unbranched alkanes of at least 4 members (excludes halogenated alkanes) is 35. The summed E-state index contributed by atoms with van der Waals surface area (Å²) in [5, 5.41) is 40.2. The van der Waals surface area contributed by atoms with E-state index in [1.165, 1.54) is 205 Å². The number of hydrogen-bond donors (Lipinski definition) is 4. The number of aliphatic hydroxyl groups excluding tert-OH is 4. The highest BCUT2D eigenvalue weighted by atomic mass is 16.7. The third kappa shape index (κ3) is 33.7. The molecule has 6 atom stereocenters. The summed E-state index contributed by atoms with van der Waals surface area (Å²) in [7, 11) is 0. The van der Waals surface area contributed by atoms with E-state index >= 15 is 0 Å².